The molecule has 94 valence electrons. The molecule has 2 N–H and O–H groups in total. The number of nitrogens with zero attached hydrogens (tertiary/aromatic N) is 1. The van der Waals surface area contributed by atoms with Gasteiger partial charge in [-0.2, -0.15) is 0 Å². The lowest BCUT2D eigenvalue weighted by Gasteiger charge is -2.31. The highest BCUT2D eigenvalue weighted by Crippen LogP contribution is 2.25. The number of rotatable bonds is 3. The van der Waals surface area contributed by atoms with Gasteiger partial charge >= 0.3 is 0 Å². The molecule has 1 heterocycles. The molecule has 1 aromatic rings. The molecule has 1 aliphatic rings. The average molecular weight is 362 g/mol. The molecule has 17 heavy (non-hydrogen) atoms. The predicted molar refractivity (Wildman–Crippen MR) is 78.9 cm³/mol. The van der Waals surface area contributed by atoms with E-state index in [1.807, 2.05) is 0 Å². The summed E-state index contributed by atoms with van der Waals surface area (Å²) in [6.07, 6.45) is 2.49. The van der Waals surface area contributed by atoms with Gasteiger partial charge in [-0.05, 0) is 87.9 Å². The third kappa shape index (κ3) is 3.78. The molecule has 1 aromatic carbocycles. The molecule has 0 radical (unpaired) electrons. The highest BCUT2D eigenvalue weighted by Gasteiger charge is 2.17. The standard InChI is InChI=1S/C13H18Br2N2/c14-12-2-1-11(7-13(12)15)9-17-5-3-10(8-16)4-6-17/h1-2,7,10H,3-6,8-9,16H2. The second-order valence-electron chi connectivity index (χ2n) is 4.70. The maximum absolute atomic E-state index is 5.71. The second-order valence-corrected chi connectivity index (χ2v) is 6.41. The van der Waals surface area contributed by atoms with Gasteiger partial charge in [0.05, 0.1) is 0 Å². The molecule has 0 aromatic heterocycles. The summed E-state index contributed by atoms with van der Waals surface area (Å²) in [5.41, 5.74) is 7.07. The van der Waals surface area contributed by atoms with E-state index in [0.29, 0.717) is 0 Å². The molecule has 1 fully saturated rings. The molecule has 0 atom stereocenters. The third-order valence-corrected chi connectivity index (χ3v) is 5.31. The highest BCUT2D eigenvalue weighted by atomic mass is 79.9. The van der Waals surface area contributed by atoms with Gasteiger partial charge in [0.15, 0.2) is 0 Å². The quantitative estimate of drug-likeness (QED) is 0.894. The Hall–Kier alpha value is 0.1000. The van der Waals surface area contributed by atoms with Crippen LogP contribution in [-0.2, 0) is 6.54 Å². The zero-order valence-corrected chi connectivity index (χ0v) is 13.0. The number of likely N-dealkylation sites (tertiary alicyclic amines) is 1. The summed E-state index contributed by atoms with van der Waals surface area (Å²) >= 11 is 7.05. The number of halogens is 2. The Kier molecular flexibility index (Phi) is 5.03. The number of hydrogen-bond acceptors (Lipinski definition) is 2. The second kappa shape index (κ2) is 6.32. The Balaban J connectivity index is 1.91. The van der Waals surface area contributed by atoms with Gasteiger partial charge in [0.1, 0.15) is 0 Å². The molecule has 1 saturated heterocycles. The Morgan fingerprint density at radius 1 is 1.18 bits per heavy atom. The molecule has 0 spiro atoms. The van der Waals surface area contributed by atoms with Crippen LogP contribution in [-0.4, -0.2) is 24.5 Å². The molecule has 4 heteroatoms. The molecular weight excluding hydrogens is 344 g/mol. The van der Waals surface area contributed by atoms with Crippen molar-refractivity contribution in [3.8, 4) is 0 Å². The fraction of sp³-hybridized carbons (Fsp3) is 0.538. The van der Waals surface area contributed by atoms with Gasteiger partial charge in [-0.15, -0.1) is 0 Å². The van der Waals surface area contributed by atoms with Crippen LogP contribution in [0.4, 0.5) is 0 Å². The lowest BCUT2D eigenvalue weighted by molar-refractivity contribution is 0.180. The van der Waals surface area contributed by atoms with Crippen molar-refractivity contribution in [2.45, 2.75) is 19.4 Å². The van der Waals surface area contributed by atoms with Crippen LogP contribution in [0.15, 0.2) is 27.1 Å². The maximum Gasteiger partial charge on any atom is 0.0320 e. The van der Waals surface area contributed by atoms with Crippen LogP contribution in [0.1, 0.15) is 18.4 Å². The lowest BCUT2D eigenvalue weighted by Crippen LogP contribution is -2.35. The van der Waals surface area contributed by atoms with E-state index in [1.165, 1.54) is 31.5 Å². The van der Waals surface area contributed by atoms with Crippen molar-refractivity contribution in [3.05, 3.63) is 32.7 Å². The van der Waals surface area contributed by atoms with E-state index in [2.05, 4.69) is 55.0 Å². The average Bonchev–Trinajstić information content (AvgIpc) is 2.35. The van der Waals surface area contributed by atoms with E-state index in [4.69, 9.17) is 5.73 Å². The first-order valence-corrected chi connectivity index (χ1v) is 7.64. The van der Waals surface area contributed by atoms with Crippen LogP contribution in [0.25, 0.3) is 0 Å². The van der Waals surface area contributed by atoms with Crippen LogP contribution >= 0.6 is 31.9 Å². The van der Waals surface area contributed by atoms with E-state index in [9.17, 15) is 0 Å². The monoisotopic (exact) mass is 360 g/mol. The van der Waals surface area contributed by atoms with E-state index >= 15 is 0 Å². The lowest BCUT2D eigenvalue weighted by atomic mass is 9.97. The van der Waals surface area contributed by atoms with Crippen molar-refractivity contribution in [2.24, 2.45) is 11.7 Å². The fourth-order valence-corrected chi connectivity index (χ4v) is 2.95. The summed E-state index contributed by atoms with van der Waals surface area (Å²) in [6.45, 7) is 4.24. The molecule has 0 aliphatic carbocycles. The zero-order valence-electron chi connectivity index (χ0n) is 9.83. The largest absolute Gasteiger partial charge is 0.330 e. The third-order valence-electron chi connectivity index (χ3n) is 3.43. The van der Waals surface area contributed by atoms with Gasteiger partial charge < -0.3 is 5.73 Å². The smallest absolute Gasteiger partial charge is 0.0320 e. The van der Waals surface area contributed by atoms with Gasteiger partial charge in [-0.3, -0.25) is 4.90 Å². The van der Waals surface area contributed by atoms with Gasteiger partial charge in [-0.25, -0.2) is 0 Å². The van der Waals surface area contributed by atoms with E-state index in [-0.39, 0.29) is 0 Å². The van der Waals surface area contributed by atoms with Crippen molar-refractivity contribution >= 4 is 31.9 Å². The summed E-state index contributed by atoms with van der Waals surface area (Å²) < 4.78 is 2.25. The minimum atomic E-state index is 0.739. The SMILES string of the molecule is NCC1CCN(Cc2ccc(Br)c(Br)c2)CC1. The Morgan fingerprint density at radius 2 is 1.88 bits per heavy atom. The van der Waals surface area contributed by atoms with Gasteiger partial charge in [-0.1, -0.05) is 6.07 Å². The van der Waals surface area contributed by atoms with E-state index in [0.717, 1.165) is 28.0 Å². The van der Waals surface area contributed by atoms with Crippen molar-refractivity contribution in [1.29, 1.82) is 0 Å². The number of piperidine rings is 1. The molecule has 0 bridgehead atoms. The van der Waals surface area contributed by atoms with E-state index < -0.39 is 0 Å². The van der Waals surface area contributed by atoms with Crippen molar-refractivity contribution in [1.82, 2.24) is 4.90 Å². The molecule has 0 saturated carbocycles. The minimum absolute atomic E-state index is 0.739. The molecule has 2 rings (SSSR count). The summed E-state index contributed by atoms with van der Waals surface area (Å²) in [6, 6.07) is 6.48. The van der Waals surface area contributed by atoms with Crippen LogP contribution < -0.4 is 5.73 Å². The summed E-state index contributed by atoms with van der Waals surface area (Å²) in [5, 5.41) is 0. The van der Waals surface area contributed by atoms with Crippen LogP contribution in [0.3, 0.4) is 0 Å². The van der Waals surface area contributed by atoms with Gasteiger partial charge in [0.2, 0.25) is 0 Å². The van der Waals surface area contributed by atoms with Crippen molar-refractivity contribution in [2.75, 3.05) is 19.6 Å². The van der Waals surface area contributed by atoms with Crippen LogP contribution in [0.5, 0.6) is 0 Å². The minimum Gasteiger partial charge on any atom is -0.330 e. The summed E-state index contributed by atoms with van der Waals surface area (Å²) in [5.74, 6) is 0.739. The van der Waals surface area contributed by atoms with Crippen LogP contribution in [0, 0.1) is 5.92 Å². The molecule has 2 nitrogen and oxygen atoms in total. The molecular formula is C13H18Br2N2. The first-order chi connectivity index (χ1) is 8.19. The Labute approximate surface area is 120 Å². The fourth-order valence-electron chi connectivity index (χ4n) is 2.28. The Morgan fingerprint density at radius 3 is 2.47 bits per heavy atom. The van der Waals surface area contributed by atoms with Gasteiger partial charge in [0, 0.05) is 15.5 Å². The summed E-state index contributed by atoms with van der Waals surface area (Å²) in [4.78, 5) is 2.52. The molecule has 1 aliphatic heterocycles. The number of nitrogens with two attached hydrogens (primary N) is 1. The first-order valence-electron chi connectivity index (χ1n) is 6.05. The maximum atomic E-state index is 5.71. The highest BCUT2D eigenvalue weighted by molar-refractivity contribution is 9.13. The van der Waals surface area contributed by atoms with E-state index in [1.54, 1.807) is 0 Å². The summed E-state index contributed by atoms with van der Waals surface area (Å²) in [7, 11) is 0. The number of benzene rings is 1. The van der Waals surface area contributed by atoms with Crippen molar-refractivity contribution in [3.63, 3.8) is 0 Å². The normalized spacial score (nSPS) is 18.5. The zero-order chi connectivity index (χ0) is 12.3. The topological polar surface area (TPSA) is 29.3 Å². The molecule has 0 amide bonds. The van der Waals surface area contributed by atoms with Gasteiger partial charge in [0.25, 0.3) is 0 Å². The first kappa shape index (κ1) is 13.5. The molecule has 0 unspecified atom stereocenters. The van der Waals surface area contributed by atoms with Crippen molar-refractivity contribution < 1.29 is 0 Å². The van der Waals surface area contributed by atoms with Crippen LogP contribution in [0.2, 0.25) is 0 Å². The Bertz CT molecular complexity index is 374. The number of hydrogen-bond donors (Lipinski definition) is 1. The predicted octanol–water partition coefficient (Wildman–Crippen LogP) is 3.38.